The number of hydrogen-bond donors (Lipinski definition) is 2. The number of carbonyl (C=O) groups excluding carboxylic acids is 1. The van der Waals surface area contributed by atoms with Gasteiger partial charge in [0, 0.05) is 28.7 Å². The first-order valence-corrected chi connectivity index (χ1v) is 11.4. The average Bonchev–Trinajstić information content (AvgIpc) is 3.28. The highest BCUT2D eigenvalue weighted by Crippen LogP contribution is 2.28. The number of methoxy groups -OCH3 is 2. The van der Waals surface area contributed by atoms with Crippen LogP contribution in [0.1, 0.15) is 21.5 Å². The lowest BCUT2D eigenvalue weighted by Crippen LogP contribution is -2.18. The van der Waals surface area contributed by atoms with Crippen molar-refractivity contribution in [3.63, 3.8) is 0 Å². The van der Waals surface area contributed by atoms with Gasteiger partial charge in [0.15, 0.2) is 11.5 Å². The molecule has 3 aromatic carbocycles. The number of rotatable bonds is 9. The smallest absolute Gasteiger partial charge is 0.281 e. The van der Waals surface area contributed by atoms with E-state index in [0.717, 1.165) is 11.1 Å². The van der Waals surface area contributed by atoms with E-state index in [4.69, 9.17) is 32.7 Å². The van der Waals surface area contributed by atoms with E-state index in [9.17, 15) is 4.79 Å². The maximum Gasteiger partial charge on any atom is 0.281 e. The highest BCUT2D eigenvalue weighted by Gasteiger charge is 2.20. The molecule has 0 aliphatic rings. The molecule has 4 rings (SSSR count). The molecule has 10 heteroatoms. The maximum atomic E-state index is 13.4. The van der Waals surface area contributed by atoms with E-state index >= 15 is 0 Å². The van der Waals surface area contributed by atoms with Crippen LogP contribution in [0.3, 0.4) is 0 Å². The van der Waals surface area contributed by atoms with Gasteiger partial charge in [0.05, 0.1) is 14.2 Å². The number of nitrogens with one attached hydrogen (secondary N) is 2. The maximum absolute atomic E-state index is 13.4. The Kier molecular flexibility index (Phi) is 7.74. The summed E-state index contributed by atoms with van der Waals surface area (Å²) < 4.78 is 11.8. The zero-order valence-electron chi connectivity index (χ0n) is 19.1. The second-order valence-electron chi connectivity index (χ2n) is 7.51. The summed E-state index contributed by atoms with van der Waals surface area (Å²) in [5, 5.41) is 12.0. The molecule has 180 valence electrons. The number of nitrogens with zero attached hydrogens (tertiary/aromatic N) is 3. The van der Waals surface area contributed by atoms with Gasteiger partial charge in [-0.1, -0.05) is 47.5 Å². The summed E-state index contributed by atoms with van der Waals surface area (Å²) in [6.45, 7) is 0.828. The number of hydrogen-bond acceptors (Lipinski definition) is 7. The van der Waals surface area contributed by atoms with Gasteiger partial charge >= 0.3 is 0 Å². The predicted molar refractivity (Wildman–Crippen MR) is 137 cm³/mol. The van der Waals surface area contributed by atoms with Crippen molar-refractivity contribution in [3.05, 3.63) is 93.5 Å². The van der Waals surface area contributed by atoms with E-state index < -0.39 is 0 Å². The highest BCUT2D eigenvalue weighted by molar-refractivity contribution is 6.30. The third kappa shape index (κ3) is 6.03. The Morgan fingerprint density at radius 3 is 2.09 bits per heavy atom. The summed E-state index contributed by atoms with van der Waals surface area (Å²) in [6.07, 6.45) is 0. The monoisotopic (exact) mass is 511 g/mol. The molecule has 0 saturated carbocycles. The summed E-state index contributed by atoms with van der Waals surface area (Å²) in [7, 11) is 3.05. The van der Waals surface area contributed by atoms with Crippen LogP contribution in [-0.2, 0) is 13.1 Å². The van der Waals surface area contributed by atoms with Crippen LogP contribution in [-0.4, -0.2) is 34.9 Å². The highest BCUT2D eigenvalue weighted by atomic mass is 35.5. The van der Waals surface area contributed by atoms with Crippen LogP contribution in [0.5, 0.6) is 11.5 Å². The molecule has 8 nitrogen and oxygen atoms in total. The van der Waals surface area contributed by atoms with Crippen molar-refractivity contribution in [3.8, 4) is 11.5 Å². The molecule has 1 heterocycles. The Labute approximate surface area is 212 Å². The molecule has 0 fully saturated rings. The van der Waals surface area contributed by atoms with E-state index in [2.05, 4.69) is 20.7 Å². The van der Waals surface area contributed by atoms with Gasteiger partial charge in [0.2, 0.25) is 11.9 Å². The molecule has 0 spiro atoms. The van der Waals surface area contributed by atoms with Crippen LogP contribution in [0.2, 0.25) is 10.0 Å². The molecule has 1 aromatic heterocycles. The van der Waals surface area contributed by atoms with Crippen LogP contribution < -0.4 is 20.1 Å². The van der Waals surface area contributed by atoms with Gasteiger partial charge in [-0.2, -0.15) is 9.67 Å². The first-order chi connectivity index (χ1) is 17.0. The predicted octanol–water partition coefficient (Wildman–Crippen LogP) is 5.51. The van der Waals surface area contributed by atoms with Crippen molar-refractivity contribution >= 4 is 41.0 Å². The summed E-state index contributed by atoms with van der Waals surface area (Å²) in [5.74, 6) is 1.13. The molecule has 0 aliphatic carbocycles. The van der Waals surface area contributed by atoms with Crippen molar-refractivity contribution in [1.29, 1.82) is 0 Å². The van der Waals surface area contributed by atoms with Crippen molar-refractivity contribution in [1.82, 2.24) is 14.8 Å². The molecule has 0 saturated heterocycles. The first-order valence-electron chi connectivity index (χ1n) is 10.7. The van der Waals surface area contributed by atoms with Gasteiger partial charge in [-0.25, -0.2) is 0 Å². The number of aromatic nitrogens is 3. The van der Waals surface area contributed by atoms with E-state index in [1.807, 2.05) is 36.4 Å². The third-order valence-electron chi connectivity index (χ3n) is 5.11. The Morgan fingerprint density at radius 2 is 1.49 bits per heavy atom. The van der Waals surface area contributed by atoms with Crippen molar-refractivity contribution in [2.24, 2.45) is 0 Å². The van der Waals surface area contributed by atoms with Crippen LogP contribution in [0.4, 0.5) is 11.9 Å². The summed E-state index contributed by atoms with van der Waals surface area (Å²) >= 11 is 12.2. The summed E-state index contributed by atoms with van der Waals surface area (Å²) in [4.78, 5) is 17.9. The van der Waals surface area contributed by atoms with Gasteiger partial charge in [-0.05, 0) is 53.6 Å². The van der Waals surface area contributed by atoms with E-state index in [0.29, 0.717) is 40.2 Å². The normalized spacial score (nSPS) is 10.6. The van der Waals surface area contributed by atoms with Gasteiger partial charge in [-0.15, -0.1) is 5.10 Å². The van der Waals surface area contributed by atoms with Crippen LogP contribution in [0, 0.1) is 0 Å². The molecule has 0 atom stereocenters. The lowest BCUT2D eigenvalue weighted by Gasteiger charge is -2.10. The second kappa shape index (κ2) is 11.1. The molecule has 0 aliphatic heterocycles. The first kappa shape index (κ1) is 24.4. The minimum absolute atomic E-state index is 0.276. The molecular formula is C25H23Cl2N5O3. The Balaban J connectivity index is 1.61. The number of anilines is 2. The van der Waals surface area contributed by atoms with Crippen molar-refractivity contribution in [2.45, 2.75) is 13.1 Å². The Bertz CT molecular complexity index is 1340. The van der Waals surface area contributed by atoms with Crippen LogP contribution >= 0.6 is 23.2 Å². The zero-order chi connectivity index (χ0) is 24.8. The van der Waals surface area contributed by atoms with E-state index in [1.54, 1.807) is 30.3 Å². The molecule has 0 amide bonds. The largest absolute Gasteiger partial charge is 0.493 e. The minimum atomic E-state index is -0.386. The Morgan fingerprint density at radius 1 is 0.857 bits per heavy atom. The molecular weight excluding hydrogens is 489 g/mol. The second-order valence-corrected chi connectivity index (χ2v) is 8.39. The van der Waals surface area contributed by atoms with Gasteiger partial charge in [-0.3, -0.25) is 4.79 Å². The van der Waals surface area contributed by atoms with Gasteiger partial charge in [0.1, 0.15) is 0 Å². The molecule has 2 N–H and O–H groups in total. The molecule has 0 bridgehead atoms. The zero-order valence-corrected chi connectivity index (χ0v) is 20.6. The summed E-state index contributed by atoms with van der Waals surface area (Å²) in [5.41, 5.74) is 2.24. The lowest BCUT2D eigenvalue weighted by molar-refractivity contribution is 0.0947. The summed E-state index contributed by atoms with van der Waals surface area (Å²) in [6, 6.07) is 19.8. The molecule has 4 aromatic rings. The quantitative estimate of drug-likeness (QED) is 0.306. The fourth-order valence-corrected chi connectivity index (χ4v) is 3.82. The van der Waals surface area contributed by atoms with Gasteiger partial charge < -0.3 is 20.1 Å². The van der Waals surface area contributed by atoms with Crippen molar-refractivity contribution < 1.29 is 14.3 Å². The Hall–Kier alpha value is -3.75. The van der Waals surface area contributed by atoms with E-state index in [-0.39, 0.29) is 17.8 Å². The fraction of sp³-hybridized carbons (Fsp3) is 0.160. The van der Waals surface area contributed by atoms with Crippen LogP contribution in [0.15, 0.2) is 66.7 Å². The fourth-order valence-electron chi connectivity index (χ4n) is 3.39. The van der Waals surface area contributed by atoms with Crippen LogP contribution in [0.25, 0.3) is 0 Å². The SMILES string of the molecule is COc1ccc(C(=O)n2nc(NCc3cccc(Cl)c3)nc2NCc2cccc(Cl)c2)cc1OC. The molecule has 0 unspecified atom stereocenters. The number of benzene rings is 3. The average molecular weight is 512 g/mol. The lowest BCUT2D eigenvalue weighted by atomic mass is 10.2. The topological polar surface area (TPSA) is 90.3 Å². The molecule has 35 heavy (non-hydrogen) atoms. The van der Waals surface area contributed by atoms with Gasteiger partial charge in [0.25, 0.3) is 5.91 Å². The number of ether oxygens (including phenoxy) is 2. The number of carbonyl (C=O) groups is 1. The third-order valence-corrected chi connectivity index (χ3v) is 5.58. The number of halogens is 2. The van der Waals surface area contributed by atoms with E-state index in [1.165, 1.54) is 18.9 Å². The standard InChI is InChI=1S/C25H23Cl2N5O3/c1-34-21-10-9-18(13-22(21)35-2)23(33)32-25(29-15-17-6-4-8-20(27)12-17)30-24(31-32)28-14-16-5-3-7-19(26)11-16/h3-13H,14-15H2,1-2H3,(H2,28,29,30,31). The minimum Gasteiger partial charge on any atom is -0.493 e. The molecule has 0 radical (unpaired) electrons. The van der Waals surface area contributed by atoms with Crippen molar-refractivity contribution in [2.75, 3.05) is 24.9 Å².